The summed E-state index contributed by atoms with van der Waals surface area (Å²) in [5.74, 6) is 5.14. The third-order valence-corrected chi connectivity index (χ3v) is 2.65. The van der Waals surface area contributed by atoms with Gasteiger partial charge in [0.25, 0.3) is 0 Å². The molecule has 0 spiro atoms. The van der Waals surface area contributed by atoms with Crippen molar-refractivity contribution in [1.82, 2.24) is 0 Å². The standard InChI is InChI=1S/C16H20O3/c1-3-4-12-19-13(2)6-5-7-14-8-10-15(11-9-14)16(17)18/h8-11,13H,3-4,6,12H2,1-2H3,(H,17,18). The summed E-state index contributed by atoms with van der Waals surface area (Å²) in [5.41, 5.74) is 1.10. The monoisotopic (exact) mass is 260 g/mol. The van der Waals surface area contributed by atoms with Crippen LogP contribution in [-0.4, -0.2) is 23.8 Å². The fourth-order valence-corrected chi connectivity index (χ4v) is 1.48. The van der Waals surface area contributed by atoms with E-state index in [-0.39, 0.29) is 11.7 Å². The van der Waals surface area contributed by atoms with Gasteiger partial charge < -0.3 is 9.84 Å². The molecule has 0 bridgehead atoms. The van der Waals surface area contributed by atoms with Crippen LogP contribution in [0.5, 0.6) is 0 Å². The minimum Gasteiger partial charge on any atom is -0.478 e. The molecule has 0 saturated heterocycles. The van der Waals surface area contributed by atoms with Gasteiger partial charge in [-0.3, -0.25) is 0 Å². The lowest BCUT2D eigenvalue weighted by atomic mass is 10.1. The van der Waals surface area contributed by atoms with Gasteiger partial charge in [-0.15, -0.1) is 0 Å². The molecule has 0 radical (unpaired) electrons. The van der Waals surface area contributed by atoms with Crippen LogP contribution in [0.1, 0.15) is 49.0 Å². The minimum absolute atomic E-state index is 0.136. The SMILES string of the molecule is CCCCOC(C)CC#Cc1ccc(C(=O)O)cc1. The molecule has 1 rings (SSSR count). The Morgan fingerprint density at radius 3 is 2.63 bits per heavy atom. The average molecular weight is 260 g/mol. The van der Waals surface area contributed by atoms with Crippen LogP contribution in [0.4, 0.5) is 0 Å². The second kappa shape index (κ2) is 8.34. The quantitative estimate of drug-likeness (QED) is 0.630. The van der Waals surface area contributed by atoms with E-state index in [1.165, 1.54) is 0 Å². The van der Waals surface area contributed by atoms with Gasteiger partial charge in [-0.2, -0.15) is 0 Å². The molecule has 19 heavy (non-hydrogen) atoms. The van der Waals surface area contributed by atoms with Crippen LogP contribution >= 0.6 is 0 Å². The summed E-state index contributed by atoms with van der Waals surface area (Å²) in [4.78, 5) is 10.7. The van der Waals surface area contributed by atoms with Crippen LogP contribution in [-0.2, 0) is 4.74 Å². The van der Waals surface area contributed by atoms with Crippen molar-refractivity contribution in [2.45, 2.75) is 39.2 Å². The molecular formula is C16H20O3. The number of ether oxygens (including phenoxy) is 1. The Balaban J connectivity index is 2.42. The first-order valence-corrected chi connectivity index (χ1v) is 6.57. The number of aromatic carboxylic acids is 1. The van der Waals surface area contributed by atoms with E-state index >= 15 is 0 Å². The Morgan fingerprint density at radius 1 is 1.37 bits per heavy atom. The molecular weight excluding hydrogens is 240 g/mol. The van der Waals surface area contributed by atoms with Gasteiger partial charge in [0.1, 0.15) is 0 Å². The second-order valence-electron chi connectivity index (χ2n) is 4.42. The van der Waals surface area contributed by atoms with Crippen molar-refractivity contribution >= 4 is 5.97 Å². The number of benzene rings is 1. The Bertz CT molecular complexity index is 451. The van der Waals surface area contributed by atoms with Crippen LogP contribution in [0.2, 0.25) is 0 Å². The van der Waals surface area contributed by atoms with E-state index in [9.17, 15) is 4.79 Å². The Labute approximate surface area is 114 Å². The maximum atomic E-state index is 10.7. The maximum absolute atomic E-state index is 10.7. The largest absolute Gasteiger partial charge is 0.478 e. The molecule has 0 aliphatic heterocycles. The Kier molecular flexibility index (Phi) is 6.70. The molecule has 0 amide bonds. The van der Waals surface area contributed by atoms with Crippen LogP contribution in [0.3, 0.4) is 0 Å². The summed E-state index contributed by atoms with van der Waals surface area (Å²) in [7, 11) is 0. The highest BCUT2D eigenvalue weighted by Crippen LogP contribution is 2.04. The summed E-state index contributed by atoms with van der Waals surface area (Å²) < 4.78 is 5.59. The Hall–Kier alpha value is -1.79. The first-order chi connectivity index (χ1) is 9.13. The number of unbranched alkanes of at least 4 members (excludes halogenated alkanes) is 1. The van der Waals surface area contributed by atoms with E-state index in [1.54, 1.807) is 24.3 Å². The first kappa shape index (κ1) is 15.3. The van der Waals surface area contributed by atoms with E-state index < -0.39 is 5.97 Å². The highest BCUT2D eigenvalue weighted by molar-refractivity contribution is 5.87. The highest BCUT2D eigenvalue weighted by Gasteiger charge is 2.00. The molecule has 0 fully saturated rings. The number of hydrogen-bond acceptors (Lipinski definition) is 2. The van der Waals surface area contributed by atoms with Crippen molar-refractivity contribution in [1.29, 1.82) is 0 Å². The molecule has 0 aliphatic rings. The molecule has 1 atom stereocenters. The van der Waals surface area contributed by atoms with Gasteiger partial charge in [0.05, 0.1) is 11.7 Å². The molecule has 0 heterocycles. The van der Waals surface area contributed by atoms with Crippen LogP contribution in [0.15, 0.2) is 24.3 Å². The third kappa shape index (κ3) is 6.08. The highest BCUT2D eigenvalue weighted by atomic mass is 16.5. The predicted octanol–water partition coefficient (Wildman–Crippen LogP) is 3.33. The minimum atomic E-state index is -0.919. The van der Waals surface area contributed by atoms with E-state index in [0.29, 0.717) is 6.42 Å². The molecule has 102 valence electrons. The molecule has 1 N–H and O–H groups in total. The van der Waals surface area contributed by atoms with Crippen LogP contribution in [0, 0.1) is 11.8 Å². The average Bonchev–Trinajstić information content (AvgIpc) is 2.39. The number of carboxylic acid groups (broad SMARTS) is 1. The van der Waals surface area contributed by atoms with Gasteiger partial charge in [-0.25, -0.2) is 4.79 Å². The van der Waals surface area contributed by atoms with Crippen molar-refractivity contribution in [3.63, 3.8) is 0 Å². The summed E-state index contributed by atoms with van der Waals surface area (Å²) in [6.45, 7) is 4.93. The molecule has 0 aromatic heterocycles. The van der Waals surface area contributed by atoms with Gasteiger partial charge in [0.15, 0.2) is 0 Å². The van der Waals surface area contributed by atoms with Gasteiger partial charge in [-0.05, 0) is 37.6 Å². The topological polar surface area (TPSA) is 46.5 Å². The Morgan fingerprint density at radius 2 is 2.05 bits per heavy atom. The summed E-state index contributed by atoms with van der Waals surface area (Å²) in [5, 5.41) is 8.77. The zero-order valence-electron chi connectivity index (χ0n) is 11.5. The molecule has 1 aromatic rings. The fourth-order valence-electron chi connectivity index (χ4n) is 1.48. The van der Waals surface area contributed by atoms with E-state index in [4.69, 9.17) is 9.84 Å². The van der Waals surface area contributed by atoms with Gasteiger partial charge in [-0.1, -0.05) is 25.2 Å². The molecule has 1 aromatic carbocycles. The predicted molar refractivity (Wildman–Crippen MR) is 75.2 cm³/mol. The van der Waals surface area contributed by atoms with Gasteiger partial charge in [0.2, 0.25) is 0 Å². The normalized spacial score (nSPS) is 11.5. The van der Waals surface area contributed by atoms with Crippen molar-refractivity contribution < 1.29 is 14.6 Å². The lowest BCUT2D eigenvalue weighted by molar-refractivity contribution is 0.0675. The molecule has 0 saturated carbocycles. The molecule has 3 heteroatoms. The third-order valence-electron chi connectivity index (χ3n) is 2.65. The zero-order chi connectivity index (χ0) is 14.1. The second-order valence-corrected chi connectivity index (χ2v) is 4.42. The van der Waals surface area contributed by atoms with Crippen molar-refractivity contribution in [3.8, 4) is 11.8 Å². The molecule has 0 aliphatic carbocycles. The molecule has 1 unspecified atom stereocenters. The zero-order valence-corrected chi connectivity index (χ0v) is 11.5. The van der Waals surface area contributed by atoms with E-state index in [0.717, 1.165) is 25.0 Å². The van der Waals surface area contributed by atoms with Crippen LogP contribution in [0.25, 0.3) is 0 Å². The summed E-state index contributed by atoms with van der Waals surface area (Å²) >= 11 is 0. The number of rotatable bonds is 6. The van der Waals surface area contributed by atoms with Gasteiger partial charge in [0, 0.05) is 18.6 Å². The van der Waals surface area contributed by atoms with E-state index in [1.807, 2.05) is 6.92 Å². The van der Waals surface area contributed by atoms with E-state index in [2.05, 4.69) is 18.8 Å². The lowest BCUT2D eigenvalue weighted by Crippen LogP contribution is -2.07. The smallest absolute Gasteiger partial charge is 0.335 e. The van der Waals surface area contributed by atoms with Crippen molar-refractivity contribution in [2.24, 2.45) is 0 Å². The molecule has 3 nitrogen and oxygen atoms in total. The number of carbonyl (C=O) groups is 1. The van der Waals surface area contributed by atoms with Crippen LogP contribution < -0.4 is 0 Å². The van der Waals surface area contributed by atoms with Crippen molar-refractivity contribution in [3.05, 3.63) is 35.4 Å². The maximum Gasteiger partial charge on any atom is 0.335 e. The fraction of sp³-hybridized carbons (Fsp3) is 0.438. The number of hydrogen-bond donors (Lipinski definition) is 1. The van der Waals surface area contributed by atoms with Gasteiger partial charge >= 0.3 is 5.97 Å². The summed E-state index contributed by atoms with van der Waals surface area (Å²) in [6, 6.07) is 6.57. The number of carboxylic acids is 1. The van der Waals surface area contributed by atoms with Crippen molar-refractivity contribution in [2.75, 3.05) is 6.61 Å². The lowest BCUT2D eigenvalue weighted by Gasteiger charge is -2.08. The summed E-state index contributed by atoms with van der Waals surface area (Å²) in [6.07, 6.45) is 3.03. The first-order valence-electron chi connectivity index (χ1n) is 6.57.